The van der Waals surface area contributed by atoms with Crippen molar-refractivity contribution in [2.75, 3.05) is 0 Å². The fourth-order valence-electron chi connectivity index (χ4n) is 1.58. The van der Waals surface area contributed by atoms with Gasteiger partial charge in [0, 0.05) is 0 Å². The molecule has 0 amide bonds. The molecule has 24 heavy (non-hydrogen) atoms. The third-order valence-electron chi connectivity index (χ3n) is 4.34. The van der Waals surface area contributed by atoms with Crippen LogP contribution in [0.5, 0.6) is 0 Å². The molecule has 134 valence electrons. The molecule has 0 saturated heterocycles. The second kappa shape index (κ2) is 7.37. The summed E-state index contributed by atoms with van der Waals surface area (Å²) in [5.41, 5.74) is 0.413. The van der Waals surface area contributed by atoms with Gasteiger partial charge in [0.05, 0.1) is 11.1 Å². The van der Waals surface area contributed by atoms with Crippen LogP contribution in [0.4, 0.5) is 0 Å². The Hall–Kier alpha value is -1.84. The zero-order valence-corrected chi connectivity index (χ0v) is 16.1. The molecule has 1 aromatic carbocycles. The van der Waals surface area contributed by atoms with Gasteiger partial charge >= 0.3 is 11.9 Å². The van der Waals surface area contributed by atoms with Crippen LogP contribution in [0.1, 0.15) is 76.1 Å². The summed E-state index contributed by atoms with van der Waals surface area (Å²) in [7, 11) is 0. The van der Waals surface area contributed by atoms with Crippen LogP contribution in [0.25, 0.3) is 0 Å². The van der Waals surface area contributed by atoms with E-state index in [1.54, 1.807) is 18.2 Å². The fraction of sp³-hybridized carbons (Fsp3) is 0.600. The lowest BCUT2D eigenvalue weighted by Gasteiger charge is -2.27. The van der Waals surface area contributed by atoms with Gasteiger partial charge in [-0.2, -0.15) is 0 Å². The fourth-order valence-corrected chi connectivity index (χ4v) is 1.58. The van der Waals surface area contributed by atoms with E-state index in [0.29, 0.717) is 11.1 Å². The first-order valence-corrected chi connectivity index (χ1v) is 8.34. The number of hydrogen-bond donors (Lipinski definition) is 0. The summed E-state index contributed by atoms with van der Waals surface area (Å²) in [4.78, 5) is 24.6. The normalized spacial score (nSPS) is 14.7. The molecule has 0 aliphatic heterocycles. The van der Waals surface area contributed by atoms with Gasteiger partial charge in [-0.25, -0.2) is 9.59 Å². The summed E-state index contributed by atoms with van der Waals surface area (Å²) in [6.45, 7) is 15.8. The number of carbonyl (C=O) groups excluding carboxylic acids is 2. The average Bonchev–Trinajstić information content (AvgIpc) is 2.45. The highest BCUT2D eigenvalue weighted by Crippen LogP contribution is 2.24. The molecule has 0 bridgehead atoms. The Morgan fingerprint density at radius 3 is 1.42 bits per heavy atom. The molecular weight excluding hydrogens is 304 g/mol. The Bertz CT molecular complexity index is 541. The molecule has 0 saturated carbocycles. The summed E-state index contributed by atoms with van der Waals surface area (Å²) in [5, 5.41) is 0. The number of esters is 2. The maximum Gasteiger partial charge on any atom is 0.338 e. The molecule has 0 radical (unpaired) electrons. The first-order valence-electron chi connectivity index (χ1n) is 8.34. The Kier molecular flexibility index (Phi) is 6.20. The van der Waals surface area contributed by atoms with E-state index in [2.05, 4.69) is 0 Å². The smallest absolute Gasteiger partial charge is 0.338 e. The van der Waals surface area contributed by atoms with Crippen molar-refractivity contribution in [3.8, 4) is 0 Å². The molecule has 0 aromatic heterocycles. The van der Waals surface area contributed by atoms with E-state index in [9.17, 15) is 9.59 Å². The van der Waals surface area contributed by atoms with Crippen LogP contribution < -0.4 is 0 Å². The molecule has 0 aliphatic carbocycles. The minimum absolute atomic E-state index is 0.145. The Morgan fingerprint density at radius 1 is 0.792 bits per heavy atom. The lowest BCUT2D eigenvalue weighted by Crippen LogP contribution is -2.29. The van der Waals surface area contributed by atoms with E-state index in [1.165, 1.54) is 6.07 Å². The number of ether oxygens (including phenoxy) is 2. The van der Waals surface area contributed by atoms with Gasteiger partial charge in [-0.3, -0.25) is 0 Å². The number of benzene rings is 1. The van der Waals surface area contributed by atoms with Gasteiger partial charge in [0.25, 0.3) is 0 Å². The summed E-state index contributed by atoms with van der Waals surface area (Å²) in [5.74, 6) is -0.869. The topological polar surface area (TPSA) is 52.6 Å². The summed E-state index contributed by atoms with van der Waals surface area (Å²) in [6.07, 6.45) is -0.469. The van der Waals surface area contributed by atoms with Crippen molar-refractivity contribution < 1.29 is 19.1 Å². The van der Waals surface area contributed by atoms with Gasteiger partial charge in [0.2, 0.25) is 0 Å². The number of hydrogen-bond acceptors (Lipinski definition) is 4. The summed E-state index contributed by atoms with van der Waals surface area (Å²) < 4.78 is 11.0. The third-order valence-corrected chi connectivity index (χ3v) is 4.34. The lowest BCUT2D eigenvalue weighted by molar-refractivity contribution is 0.00439. The van der Waals surface area contributed by atoms with Gasteiger partial charge in [-0.05, 0) is 42.9 Å². The Morgan fingerprint density at radius 2 is 1.12 bits per heavy atom. The van der Waals surface area contributed by atoms with Gasteiger partial charge in [0.1, 0.15) is 12.2 Å². The van der Waals surface area contributed by atoms with Crippen LogP contribution in [-0.2, 0) is 9.47 Å². The van der Waals surface area contributed by atoms with Crippen LogP contribution in [0, 0.1) is 10.8 Å². The molecule has 0 fully saturated rings. The molecule has 0 heterocycles. The van der Waals surface area contributed by atoms with E-state index >= 15 is 0 Å². The lowest BCUT2D eigenvalue weighted by atomic mass is 9.90. The SMILES string of the molecule is CC(OC(=O)c1cccc(C(=O)OC(C)C(C)(C)C)c1)C(C)(C)C. The van der Waals surface area contributed by atoms with Crippen molar-refractivity contribution in [3.63, 3.8) is 0 Å². The first-order chi connectivity index (χ1) is 10.8. The molecule has 0 N–H and O–H groups in total. The molecule has 1 rings (SSSR count). The van der Waals surface area contributed by atoms with Crippen LogP contribution in [0.3, 0.4) is 0 Å². The van der Waals surface area contributed by atoms with Crippen LogP contribution >= 0.6 is 0 Å². The largest absolute Gasteiger partial charge is 0.459 e. The minimum Gasteiger partial charge on any atom is -0.459 e. The van der Waals surface area contributed by atoms with Crippen LogP contribution in [0.15, 0.2) is 24.3 Å². The highest BCUT2D eigenvalue weighted by molar-refractivity contribution is 5.95. The van der Waals surface area contributed by atoms with E-state index in [4.69, 9.17) is 9.47 Å². The number of rotatable bonds is 4. The van der Waals surface area contributed by atoms with Crippen molar-refractivity contribution in [2.45, 2.75) is 67.6 Å². The molecule has 0 aliphatic rings. The maximum absolute atomic E-state index is 12.3. The Labute approximate surface area is 145 Å². The second-order valence-electron chi connectivity index (χ2n) is 8.41. The van der Waals surface area contributed by atoms with Crippen molar-refractivity contribution in [3.05, 3.63) is 35.4 Å². The van der Waals surface area contributed by atoms with Gasteiger partial charge in [-0.1, -0.05) is 47.6 Å². The van der Waals surface area contributed by atoms with E-state index < -0.39 is 11.9 Å². The first kappa shape index (κ1) is 20.2. The average molecular weight is 334 g/mol. The second-order valence-corrected chi connectivity index (χ2v) is 8.41. The van der Waals surface area contributed by atoms with E-state index in [1.807, 2.05) is 55.4 Å². The van der Waals surface area contributed by atoms with Gasteiger partial charge in [-0.15, -0.1) is 0 Å². The van der Waals surface area contributed by atoms with Gasteiger partial charge in [0.15, 0.2) is 0 Å². The van der Waals surface area contributed by atoms with Crippen LogP contribution in [-0.4, -0.2) is 24.1 Å². The predicted molar refractivity (Wildman–Crippen MR) is 95.1 cm³/mol. The minimum atomic E-state index is -0.434. The van der Waals surface area contributed by atoms with Crippen LogP contribution in [0.2, 0.25) is 0 Å². The molecular formula is C20H30O4. The zero-order valence-electron chi connectivity index (χ0n) is 16.1. The number of carbonyl (C=O) groups is 2. The van der Waals surface area contributed by atoms with Crippen molar-refractivity contribution in [1.82, 2.24) is 0 Å². The molecule has 4 nitrogen and oxygen atoms in total. The molecule has 1 aromatic rings. The predicted octanol–water partition coefficient (Wildman–Crippen LogP) is 4.87. The van der Waals surface area contributed by atoms with E-state index in [0.717, 1.165) is 0 Å². The highest BCUT2D eigenvalue weighted by atomic mass is 16.5. The maximum atomic E-state index is 12.3. The third kappa shape index (κ3) is 5.66. The van der Waals surface area contributed by atoms with Gasteiger partial charge < -0.3 is 9.47 Å². The quantitative estimate of drug-likeness (QED) is 0.737. The standard InChI is InChI=1S/C20H30O4/c1-13(19(3,4)5)23-17(21)15-10-9-11-16(12-15)18(22)24-14(2)20(6,7)8/h9-14H,1-8H3. The van der Waals surface area contributed by atoms with Crippen molar-refractivity contribution >= 4 is 11.9 Å². The Balaban J connectivity index is 2.87. The zero-order chi connectivity index (χ0) is 18.7. The van der Waals surface area contributed by atoms with Crippen molar-refractivity contribution in [2.24, 2.45) is 10.8 Å². The summed E-state index contributed by atoms with van der Waals surface area (Å²) in [6, 6.07) is 6.47. The van der Waals surface area contributed by atoms with Crippen molar-refractivity contribution in [1.29, 1.82) is 0 Å². The molecule has 2 atom stereocenters. The van der Waals surface area contributed by atoms with E-state index in [-0.39, 0.29) is 23.0 Å². The molecule has 4 heteroatoms. The molecule has 0 spiro atoms. The monoisotopic (exact) mass is 334 g/mol. The highest BCUT2D eigenvalue weighted by Gasteiger charge is 2.26. The molecule has 2 unspecified atom stereocenters. The summed E-state index contributed by atoms with van der Waals surface area (Å²) >= 11 is 0.